The minimum absolute atomic E-state index is 0.221. The van der Waals surface area contributed by atoms with Crippen LogP contribution < -0.4 is 19.5 Å². The number of hydrogen-bond donors (Lipinski definition) is 1. The van der Waals surface area contributed by atoms with Crippen molar-refractivity contribution in [1.82, 2.24) is 10.2 Å². The van der Waals surface area contributed by atoms with E-state index in [1.54, 1.807) is 43.3 Å². The second-order valence-corrected chi connectivity index (χ2v) is 6.72. The molecular formula is C21H25ClN2O5. The van der Waals surface area contributed by atoms with Gasteiger partial charge in [0.25, 0.3) is 5.91 Å². The Hall–Kier alpha value is -2.93. The summed E-state index contributed by atoms with van der Waals surface area (Å²) in [5.41, 5.74) is 0.810. The van der Waals surface area contributed by atoms with Gasteiger partial charge in [0.15, 0.2) is 6.61 Å². The first-order valence-electron chi connectivity index (χ1n) is 8.99. The number of ether oxygens (including phenoxy) is 3. The van der Waals surface area contributed by atoms with E-state index in [0.29, 0.717) is 22.3 Å². The van der Waals surface area contributed by atoms with Gasteiger partial charge in [0.05, 0.1) is 14.2 Å². The molecule has 0 aliphatic rings. The lowest BCUT2D eigenvalue weighted by Gasteiger charge is -2.28. The Bertz CT molecular complexity index is 836. The number of nitrogens with zero attached hydrogens (tertiary/aromatic N) is 1. The molecule has 7 nitrogen and oxygen atoms in total. The van der Waals surface area contributed by atoms with E-state index in [2.05, 4.69) is 5.32 Å². The highest BCUT2D eigenvalue weighted by molar-refractivity contribution is 6.30. The molecule has 0 aromatic heterocycles. The molecule has 8 heteroatoms. The summed E-state index contributed by atoms with van der Waals surface area (Å²) < 4.78 is 16.1. The average molecular weight is 421 g/mol. The van der Waals surface area contributed by atoms with Crippen molar-refractivity contribution >= 4 is 23.4 Å². The number of hydrogen-bond acceptors (Lipinski definition) is 5. The van der Waals surface area contributed by atoms with Crippen LogP contribution in [-0.2, 0) is 16.1 Å². The normalized spacial score (nSPS) is 11.3. The van der Waals surface area contributed by atoms with Crippen molar-refractivity contribution < 1.29 is 23.8 Å². The number of methoxy groups -OCH3 is 2. The van der Waals surface area contributed by atoms with E-state index in [1.165, 1.54) is 26.2 Å². The molecule has 2 amide bonds. The molecule has 0 saturated heterocycles. The third kappa shape index (κ3) is 6.29. The van der Waals surface area contributed by atoms with E-state index >= 15 is 0 Å². The highest BCUT2D eigenvalue weighted by Crippen LogP contribution is 2.27. The Labute approximate surface area is 175 Å². The van der Waals surface area contributed by atoms with Gasteiger partial charge in [-0.1, -0.05) is 23.7 Å². The summed E-state index contributed by atoms with van der Waals surface area (Å²) in [6.07, 6.45) is 0. The van der Waals surface area contributed by atoms with Crippen molar-refractivity contribution in [3.05, 3.63) is 53.1 Å². The number of benzene rings is 2. The third-order valence-electron chi connectivity index (χ3n) is 4.34. The highest BCUT2D eigenvalue weighted by atomic mass is 35.5. The van der Waals surface area contributed by atoms with Crippen molar-refractivity contribution in [3.63, 3.8) is 0 Å². The van der Waals surface area contributed by atoms with Gasteiger partial charge in [-0.3, -0.25) is 9.59 Å². The van der Waals surface area contributed by atoms with E-state index < -0.39 is 6.04 Å². The predicted molar refractivity (Wildman–Crippen MR) is 111 cm³/mol. The van der Waals surface area contributed by atoms with Crippen LogP contribution in [0.1, 0.15) is 12.5 Å². The quantitative estimate of drug-likeness (QED) is 0.675. The van der Waals surface area contributed by atoms with Gasteiger partial charge in [0.2, 0.25) is 5.91 Å². The number of carbonyl (C=O) groups is 2. The summed E-state index contributed by atoms with van der Waals surface area (Å²) in [5.74, 6) is 0.888. The molecule has 2 rings (SSSR count). The Morgan fingerprint density at radius 2 is 1.69 bits per heavy atom. The van der Waals surface area contributed by atoms with Crippen LogP contribution in [0.2, 0.25) is 5.02 Å². The monoisotopic (exact) mass is 420 g/mol. The summed E-state index contributed by atoms with van der Waals surface area (Å²) in [6, 6.07) is 11.5. The van der Waals surface area contributed by atoms with E-state index in [4.69, 9.17) is 25.8 Å². The van der Waals surface area contributed by atoms with Crippen molar-refractivity contribution in [2.24, 2.45) is 0 Å². The van der Waals surface area contributed by atoms with Gasteiger partial charge < -0.3 is 24.4 Å². The van der Waals surface area contributed by atoms with Crippen molar-refractivity contribution in [1.29, 1.82) is 0 Å². The van der Waals surface area contributed by atoms with Gasteiger partial charge >= 0.3 is 0 Å². The number of halogens is 1. The Kier molecular flexibility index (Phi) is 8.15. The maximum absolute atomic E-state index is 12.9. The molecular weight excluding hydrogens is 396 g/mol. The van der Waals surface area contributed by atoms with Crippen LogP contribution in [0, 0.1) is 0 Å². The van der Waals surface area contributed by atoms with Crippen LogP contribution in [0.5, 0.6) is 17.2 Å². The topological polar surface area (TPSA) is 77.1 Å². The molecule has 0 saturated carbocycles. The van der Waals surface area contributed by atoms with Crippen molar-refractivity contribution in [2.75, 3.05) is 27.9 Å². The van der Waals surface area contributed by atoms with Crippen LogP contribution in [0.15, 0.2) is 42.5 Å². The molecule has 2 aromatic carbocycles. The molecule has 2 aromatic rings. The molecule has 0 unspecified atom stereocenters. The number of likely N-dealkylation sites (N-methyl/N-ethyl adjacent to an activating group) is 1. The zero-order valence-corrected chi connectivity index (χ0v) is 17.7. The molecule has 1 N–H and O–H groups in total. The largest absolute Gasteiger partial charge is 0.496 e. The number of amides is 2. The summed E-state index contributed by atoms with van der Waals surface area (Å²) in [6.45, 7) is 1.63. The molecule has 0 aliphatic carbocycles. The maximum Gasteiger partial charge on any atom is 0.261 e. The minimum Gasteiger partial charge on any atom is -0.496 e. The molecule has 0 radical (unpaired) electrons. The van der Waals surface area contributed by atoms with Gasteiger partial charge in [0.1, 0.15) is 23.3 Å². The second kappa shape index (κ2) is 10.6. The minimum atomic E-state index is -0.685. The van der Waals surface area contributed by atoms with Crippen molar-refractivity contribution in [2.45, 2.75) is 19.5 Å². The van der Waals surface area contributed by atoms with E-state index in [-0.39, 0.29) is 25.0 Å². The molecule has 0 aliphatic heterocycles. The molecule has 156 valence electrons. The molecule has 29 heavy (non-hydrogen) atoms. The molecule has 0 heterocycles. The number of rotatable bonds is 9. The molecule has 0 fully saturated rings. The van der Waals surface area contributed by atoms with Crippen LogP contribution >= 0.6 is 11.6 Å². The molecule has 0 spiro atoms. The summed E-state index contributed by atoms with van der Waals surface area (Å²) in [7, 11) is 4.59. The fourth-order valence-corrected chi connectivity index (χ4v) is 2.93. The third-order valence-corrected chi connectivity index (χ3v) is 4.58. The van der Waals surface area contributed by atoms with Gasteiger partial charge in [0, 0.05) is 36.8 Å². The van der Waals surface area contributed by atoms with Crippen LogP contribution in [0.3, 0.4) is 0 Å². The lowest BCUT2D eigenvalue weighted by atomic mass is 10.1. The van der Waals surface area contributed by atoms with E-state index in [0.717, 1.165) is 5.56 Å². The second-order valence-electron chi connectivity index (χ2n) is 6.28. The fraction of sp³-hybridized carbons (Fsp3) is 0.333. The van der Waals surface area contributed by atoms with Crippen LogP contribution in [-0.4, -0.2) is 50.6 Å². The first-order chi connectivity index (χ1) is 13.9. The Morgan fingerprint density at radius 1 is 1.07 bits per heavy atom. The molecule has 1 atom stereocenters. The van der Waals surface area contributed by atoms with Gasteiger partial charge in [-0.2, -0.15) is 0 Å². The molecule has 0 bridgehead atoms. The number of nitrogens with one attached hydrogen (secondary N) is 1. The lowest BCUT2D eigenvalue weighted by molar-refractivity contribution is -0.142. The van der Waals surface area contributed by atoms with E-state index in [9.17, 15) is 9.59 Å². The van der Waals surface area contributed by atoms with Gasteiger partial charge in [-0.25, -0.2) is 0 Å². The zero-order chi connectivity index (χ0) is 21.4. The number of carbonyl (C=O) groups excluding carboxylic acids is 2. The summed E-state index contributed by atoms with van der Waals surface area (Å²) in [4.78, 5) is 26.5. The lowest BCUT2D eigenvalue weighted by Crippen LogP contribution is -2.48. The van der Waals surface area contributed by atoms with Gasteiger partial charge in [-0.15, -0.1) is 0 Å². The Balaban J connectivity index is 2.17. The van der Waals surface area contributed by atoms with Crippen LogP contribution in [0.4, 0.5) is 0 Å². The first-order valence-corrected chi connectivity index (χ1v) is 9.37. The highest BCUT2D eigenvalue weighted by Gasteiger charge is 2.26. The maximum atomic E-state index is 12.9. The average Bonchev–Trinajstić information content (AvgIpc) is 2.74. The summed E-state index contributed by atoms with van der Waals surface area (Å²) >= 11 is 6.04. The van der Waals surface area contributed by atoms with Gasteiger partial charge in [-0.05, 0) is 24.6 Å². The van der Waals surface area contributed by atoms with E-state index in [1.807, 2.05) is 6.07 Å². The predicted octanol–water partition coefficient (Wildman–Crippen LogP) is 2.90. The summed E-state index contributed by atoms with van der Waals surface area (Å²) in [5, 5.41) is 3.13. The van der Waals surface area contributed by atoms with Crippen molar-refractivity contribution in [3.8, 4) is 17.2 Å². The smallest absolute Gasteiger partial charge is 0.261 e. The fourth-order valence-electron chi connectivity index (χ4n) is 2.72. The Morgan fingerprint density at radius 3 is 2.24 bits per heavy atom. The standard InChI is InChI=1S/C21H25ClN2O5/c1-14(21(26)23-2)24(12-15-6-5-7-16(22)8-15)20(25)13-29-19-10-17(27-3)9-18(11-19)28-4/h5-11,14H,12-13H2,1-4H3,(H,23,26)/t14-/m0/s1. The zero-order valence-electron chi connectivity index (χ0n) is 16.9. The first kappa shape index (κ1) is 22.4. The SMILES string of the molecule is CNC(=O)[C@H](C)N(Cc1cccc(Cl)c1)C(=O)COc1cc(OC)cc(OC)c1. The van der Waals surface area contributed by atoms with Crippen LogP contribution in [0.25, 0.3) is 0 Å².